The Morgan fingerprint density at radius 3 is 2.54 bits per heavy atom. The zero-order chi connectivity index (χ0) is 24.6. The largest absolute Gasteiger partial charge is 0.490 e. The van der Waals surface area contributed by atoms with E-state index in [0.717, 1.165) is 37.9 Å². The minimum Gasteiger partial charge on any atom is -0.490 e. The van der Waals surface area contributed by atoms with Gasteiger partial charge >= 0.3 is 0 Å². The van der Waals surface area contributed by atoms with Gasteiger partial charge in [0.05, 0.1) is 16.4 Å². The highest BCUT2D eigenvalue weighted by Gasteiger charge is 2.52. The van der Waals surface area contributed by atoms with E-state index >= 15 is 0 Å². The fraction of sp³-hybridized carbons (Fsp3) is 0.538. The van der Waals surface area contributed by atoms with Gasteiger partial charge in [-0.15, -0.1) is 0 Å². The first-order chi connectivity index (χ1) is 16.8. The highest BCUT2D eigenvalue weighted by Crippen LogP contribution is 2.44. The van der Waals surface area contributed by atoms with Crippen molar-refractivity contribution in [2.75, 3.05) is 19.6 Å². The number of carbonyl (C=O) groups is 1. The topological polar surface area (TPSA) is 79.8 Å². The molecule has 0 radical (unpaired) electrons. The van der Waals surface area contributed by atoms with Gasteiger partial charge in [0.25, 0.3) is 0 Å². The maximum atomic E-state index is 13.7. The van der Waals surface area contributed by atoms with Crippen molar-refractivity contribution in [2.45, 2.75) is 68.9 Å². The van der Waals surface area contributed by atoms with Gasteiger partial charge < -0.3 is 9.64 Å². The van der Waals surface area contributed by atoms with Crippen LogP contribution in [0.1, 0.15) is 50.5 Å². The zero-order valence-electron chi connectivity index (χ0n) is 20.0. The lowest BCUT2D eigenvalue weighted by molar-refractivity contribution is -0.140. The van der Waals surface area contributed by atoms with E-state index in [-0.39, 0.29) is 29.5 Å². The Kier molecular flexibility index (Phi) is 6.81. The summed E-state index contributed by atoms with van der Waals surface area (Å²) in [7, 11) is -3.72. The first-order valence-corrected chi connectivity index (χ1v) is 14.2. The summed E-state index contributed by atoms with van der Waals surface area (Å²) < 4.78 is 34.6. The Bertz CT molecular complexity index is 1180. The second-order valence-electron chi connectivity index (χ2n) is 10.1. The van der Waals surface area contributed by atoms with Gasteiger partial charge in [0.15, 0.2) is 0 Å². The number of rotatable bonds is 5. The second-order valence-corrected chi connectivity index (χ2v) is 12.4. The van der Waals surface area contributed by atoms with Gasteiger partial charge in [0, 0.05) is 43.1 Å². The van der Waals surface area contributed by atoms with Crippen molar-refractivity contribution in [1.29, 1.82) is 0 Å². The first kappa shape index (κ1) is 24.5. The van der Waals surface area contributed by atoms with Crippen molar-refractivity contribution >= 4 is 27.5 Å². The number of halogens is 1. The number of benzene rings is 1. The van der Waals surface area contributed by atoms with Gasteiger partial charge in [0.2, 0.25) is 15.9 Å². The molecule has 9 heteroatoms. The van der Waals surface area contributed by atoms with Crippen molar-refractivity contribution in [2.24, 2.45) is 5.41 Å². The van der Waals surface area contributed by atoms with Gasteiger partial charge in [-0.25, -0.2) is 8.42 Å². The number of sulfonamides is 1. The zero-order valence-corrected chi connectivity index (χ0v) is 21.6. The molecule has 2 aromatic rings. The van der Waals surface area contributed by atoms with Gasteiger partial charge in [-0.3, -0.25) is 9.78 Å². The number of ether oxygens (including phenoxy) is 1. The summed E-state index contributed by atoms with van der Waals surface area (Å²) in [5.41, 5.74) is -0.0683. The second kappa shape index (κ2) is 9.71. The van der Waals surface area contributed by atoms with E-state index in [9.17, 15) is 13.2 Å². The van der Waals surface area contributed by atoms with Crippen LogP contribution in [0.4, 0.5) is 0 Å². The van der Waals surface area contributed by atoms with E-state index in [0.29, 0.717) is 36.5 Å². The first-order valence-electron chi connectivity index (χ1n) is 12.4. The van der Waals surface area contributed by atoms with Gasteiger partial charge in [-0.1, -0.05) is 17.7 Å². The van der Waals surface area contributed by atoms with E-state index in [1.807, 2.05) is 17.0 Å². The maximum absolute atomic E-state index is 13.7. The molecule has 3 fully saturated rings. The molecule has 3 heterocycles. The van der Waals surface area contributed by atoms with Gasteiger partial charge in [-0.05, 0) is 81.7 Å². The minimum atomic E-state index is -3.72. The lowest BCUT2D eigenvalue weighted by Crippen LogP contribution is -2.51. The standard InChI is InChI=1S/C26H32ClN3O4S/c1-19-23(27)4-2-5-24(19)35(32,33)29-16-3-12-26(18-29)13-17-30(25(26)31)20-6-8-21(9-7-20)34-22-10-14-28-15-11-22/h2,4-5,10-11,14-15,20-21H,3,6-9,12-13,16-18H2,1H3. The normalized spacial score (nSPS) is 27.9. The average Bonchev–Trinajstić information content (AvgIpc) is 3.17. The summed E-state index contributed by atoms with van der Waals surface area (Å²) in [6, 6.07) is 8.90. The van der Waals surface area contributed by atoms with Gasteiger partial charge in [-0.2, -0.15) is 4.31 Å². The van der Waals surface area contributed by atoms with Crippen LogP contribution >= 0.6 is 11.6 Å². The third-order valence-corrected chi connectivity index (χ3v) is 10.4. The molecular weight excluding hydrogens is 486 g/mol. The number of aromatic nitrogens is 1. The molecule has 1 atom stereocenters. The molecular formula is C26H32ClN3O4S. The van der Waals surface area contributed by atoms with Crippen LogP contribution in [0.25, 0.3) is 0 Å². The summed E-state index contributed by atoms with van der Waals surface area (Å²) >= 11 is 6.21. The monoisotopic (exact) mass is 517 g/mol. The molecule has 1 aromatic heterocycles. The maximum Gasteiger partial charge on any atom is 0.243 e. The predicted molar refractivity (Wildman–Crippen MR) is 134 cm³/mol. The molecule has 1 unspecified atom stereocenters. The summed E-state index contributed by atoms with van der Waals surface area (Å²) in [6.07, 6.45) is 9.35. The molecule has 1 aliphatic carbocycles. The minimum absolute atomic E-state index is 0.124. The molecule has 1 spiro atoms. The molecule has 2 aliphatic heterocycles. The summed E-state index contributed by atoms with van der Waals surface area (Å²) in [6.45, 7) is 3.10. The molecule has 0 N–H and O–H groups in total. The van der Waals surface area contributed by atoms with E-state index in [1.54, 1.807) is 37.5 Å². The number of hydrogen-bond acceptors (Lipinski definition) is 5. The van der Waals surface area contributed by atoms with Crippen molar-refractivity contribution in [3.8, 4) is 5.75 Å². The summed E-state index contributed by atoms with van der Waals surface area (Å²) in [5.74, 6) is 0.955. The molecule has 188 valence electrons. The van der Waals surface area contributed by atoms with E-state index in [4.69, 9.17) is 16.3 Å². The highest BCUT2D eigenvalue weighted by atomic mass is 35.5. The van der Waals surface area contributed by atoms with Crippen LogP contribution in [-0.4, -0.2) is 60.3 Å². The lowest BCUT2D eigenvalue weighted by Gasteiger charge is -2.40. The summed E-state index contributed by atoms with van der Waals surface area (Å²) in [4.78, 5) is 20.0. The number of nitrogens with zero attached hydrogens (tertiary/aromatic N) is 3. The molecule has 2 saturated heterocycles. The van der Waals surface area contributed by atoms with Crippen molar-refractivity contribution in [3.05, 3.63) is 53.3 Å². The number of carbonyl (C=O) groups excluding carboxylic acids is 1. The molecule has 1 amide bonds. The number of amides is 1. The third kappa shape index (κ3) is 4.68. The van der Waals surface area contributed by atoms with Crippen LogP contribution in [-0.2, 0) is 14.8 Å². The molecule has 1 aromatic carbocycles. The average molecular weight is 518 g/mol. The van der Waals surface area contributed by atoms with Crippen LogP contribution < -0.4 is 4.74 Å². The third-order valence-electron chi connectivity index (χ3n) is 7.96. The van der Waals surface area contributed by atoms with Crippen LogP contribution in [0.3, 0.4) is 0 Å². The van der Waals surface area contributed by atoms with Crippen LogP contribution in [0.15, 0.2) is 47.6 Å². The van der Waals surface area contributed by atoms with Crippen LogP contribution in [0.2, 0.25) is 5.02 Å². The highest BCUT2D eigenvalue weighted by molar-refractivity contribution is 7.89. The van der Waals surface area contributed by atoms with Gasteiger partial charge in [0.1, 0.15) is 5.75 Å². The Hall–Kier alpha value is -2.16. The Morgan fingerprint density at radius 2 is 1.80 bits per heavy atom. The Morgan fingerprint density at radius 1 is 1.06 bits per heavy atom. The SMILES string of the molecule is Cc1c(Cl)cccc1S(=O)(=O)N1CCCC2(CCN(C3CCC(Oc4ccncc4)CC3)C2=O)C1. The predicted octanol–water partition coefficient (Wildman–Crippen LogP) is 4.44. The molecule has 7 nitrogen and oxygen atoms in total. The van der Waals surface area contributed by atoms with Crippen LogP contribution in [0.5, 0.6) is 5.75 Å². The molecule has 0 bridgehead atoms. The molecule has 5 rings (SSSR count). The quantitative estimate of drug-likeness (QED) is 0.586. The van der Waals surface area contributed by atoms with E-state index in [1.165, 1.54) is 4.31 Å². The smallest absolute Gasteiger partial charge is 0.243 e. The molecule has 3 aliphatic rings. The van der Waals surface area contributed by atoms with Crippen molar-refractivity contribution < 1.29 is 17.9 Å². The number of piperidine rings is 1. The Labute approximate surface area is 212 Å². The lowest BCUT2D eigenvalue weighted by atomic mass is 9.79. The molecule has 35 heavy (non-hydrogen) atoms. The Balaban J connectivity index is 1.25. The number of pyridine rings is 1. The van der Waals surface area contributed by atoms with E-state index in [2.05, 4.69) is 4.98 Å². The molecule has 1 saturated carbocycles. The number of hydrogen-bond donors (Lipinski definition) is 0. The van der Waals surface area contributed by atoms with Crippen molar-refractivity contribution in [1.82, 2.24) is 14.2 Å². The fourth-order valence-corrected chi connectivity index (χ4v) is 8.00. The summed E-state index contributed by atoms with van der Waals surface area (Å²) in [5, 5.41) is 0.435. The van der Waals surface area contributed by atoms with Crippen molar-refractivity contribution in [3.63, 3.8) is 0 Å². The number of likely N-dealkylation sites (tertiary alicyclic amines) is 1. The van der Waals surface area contributed by atoms with E-state index < -0.39 is 15.4 Å². The fourth-order valence-electron chi connectivity index (χ4n) is 5.96. The van der Waals surface area contributed by atoms with Crippen LogP contribution in [0, 0.1) is 12.3 Å².